The molecule has 1 aliphatic carbocycles. The second kappa shape index (κ2) is 4.43. The van der Waals surface area contributed by atoms with Crippen LogP contribution in [-0.4, -0.2) is 43.8 Å². The van der Waals surface area contributed by atoms with Crippen LogP contribution in [-0.2, 0) is 0 Å². The summed E-state index contributed by atoms with van der Waals surface area (Å²) in [6.45, 7) is 4.15. The SMILES string of the molecule is CCNC1CCC2(CC1C(F)(F)F)CN(C)C2. The molecule has 0 amide bonds. The van der Waals surface area contributed by atoms with Crippen molar-refractivity contribution < 1.29 is 13.2 Å². The normalized spacial score (nSPS) is 33.7. The first kappa shape index (κ1) is 13.1. The lowest BCUT2D eigenvalue weighted by molar-refractivity contribution is -0.209. The summed E-state index contributed by atoms with van der Waals surface area (Å²) >= 11 is 0. The summed E-state index contributed by atoms with van der Waals surface area (Å²) in [7, 11) is 1.98. The summed E-state index contributed by atoms with van der Waals surface area (Å²) in [6.07, 6.45) is -2.17. The van der Waals surface area contributed by atoms with E-state index >= 15 is 0 Å². The molecule has 2 atom stereocenters. The maximum atomic E-state index is 13.1. The van der Waals surface area contributed by atoms with Gasteiger partial charge in [0.15, 0.2) is 0 Å². The Morgan fingerprint density at radius 2 is 2.00 bits per heavy atom. The standard InChI is InChI=1S/C12H21F3N2/c1-3-16-10-4-5-11(7-17(2)8-11)6-9(10)12(13,14)15/h9-10,16H,3-8H2,1-2H3. The second-order valence-corrected chi connectivity index (χ2v) is 5.73. The molecular weight excluding hydrogens is 229 g/mol. The van der Waals surface area contributed by atoms with Crippen molar-refractivity contribution in [3.05, 3.63) is 0 Å². The lowest BCUT2D eigenvalue weighted by Crippen LogP contribution is -2.61. The van der Waals surface area contributed by atoms with Crippen molar-refractivity contribution in [3.8, 4) is 0 Å². The minimum atomic E-state index is -4.06. The number of hydrogen-bond acceptors (Lipinski definition) is 2. The van der Waals surface area contributed by atoms with E-state index in [1.165, 1.54) is 0 Å². The van der Waals surface area contributed by atoms with Gasteiger partial charge in [0, 0.05) is 19.1 Å². The van der Waals surface area contributed by atoms with E-state index in [0.717, 1.165) is 19.5 Å². The van der Waals surface area contributed by atoms with Crippen molar-refractivity contribution in [2.45, 2.75) is 38.4 Å². The summed E-state index contributed by atoms with van der Waals surface area (Å²) < 4.78 is 39.2. The molecule has 1 N–H and O–H groups in total. The van der Waals surface area contributed by atoms with Gasteiger partial charge in [-0.1, -0.05) is 6.92 Å². The number of alkyl halides is 3. The molecule has 2 unspecified atom stereocenters. The molecule has 1 spiro atoms. The zero-order valence-electron chi connectivity index (χ0n) is 10.5. The van der Waals surface area contributed by atoms with Crippen LogP contribution < -0.4 is 5.32 Å². The molecule has 1 aliphatic heterocycles. The third-order valence-corrected chi connectivity index (χ3v) is 4.22. The van der Waals surface area contributed by atoms with Crippen molar-refractivity contribution in [1.29, 1.82) is 0 Å². The first-order chi connectivity index (χ1) is 7.86. The Kier molecular flexibility index (Phi) is 3.42. The number of likely N-dealkylation sites (tertiary alicyclic amines) is 1. The smallest absolute Gasteiger partial charge is 0.314 e. The van der Waals surface area contributed by atoms with E-state index in [-0.39, 0.29) is 11.5 Å². The average Bonchev–Trinajstić information content (AvgIpc) is 2.17. The molecule has 1 saturated heterocycles. The van der Waals surface area contributed by atoms with Crippen LogP contribution in [0.15, 0.2) is 0 Å². The van der Waals surface area contributed by atoms with Gasteiger partial charge in [0.25, 0.3) is 0 Å². The number of rotatable bonds is 2. The molecule has 0 radical (unpaired) electrons. The largest absolute Gasteiger partial charge is 0.393 e. The highest BCUT2D eigenvalue weighted by atomic mass is 19.4. The van der Waals surface area contributed by atoms with Crippen LogP contribution in [0.3, 0.4) is 0 Å². The second-order valence-electron chi connectivity index (χ2n) is 5.73. The zero-order chi connectivity index (χ0) is 12.7. The zero-order valence-corrected chi connectivity index (χ0v) is 10.5. The van der Waals surface area contributed by atoms with E-state index in [9.17, 15) is 13.2 Å². The Bertz CT molecular complexity index is 271. The highest BCUT2D eigenvalue weighted by Gasteiger charge is 2.54. The molecule has 2 fully saturated rings. The van der Waals surface area contributed by atoms with Crippen LogP contribution >= 0.6 is 0 Å². The molecule has 5 heteroatoms. The van der Waals surface area contributed by atoms with Gasteiger partial charge in [-0.2, -0.15) is 13.2 Å². The monoisotopic (exact) mass is 250 g/mol. The lowest BCUT2D eigenvalue weighted by atomic mass is 9.63. The summed E-state index contributed by atoms with van der Waals surface area (Å²) in [6, 6.07) is -0.378. The van der Waals surface area contributed by atoms with Crippen LogP contribution in [0.1, 0.15) is 26.2 Å². The quantitative estimate of drug-likeness (QED) is 0.808. The van der Waals surface area contributed by atoms with Gasteiger partial charge in [-0.15, -0.1) is 0 Å². The Balaban J connectivity index is 2.05. The molecule has 17 heavy (non-hydrogen) atoms. The Morgan fingerprint density at radius 1 is 1.35 bits per heavy atom. The predicted octanol–water partition coefficient (Wildman–Crippen LogP) is 2.26. The van der Waals surface area contributed by atoms with E-state index in [4.69, 9.17) is 0 Å². The van der Waals surface area contributed by atoms with E-state index in [1.807, 2.05) is 14.0 Å². The van der Waals surface area contributed by atoms with E-state index in [0.29, 0.717) is 19.4 Å². The predicted molar refractivity (Wildman–Crippen MR) is 60.8 cm³/mol. The first-order valence-corrected chi connectivity index (χ1v) is 6.35. The van der Waals surface area contributed by atoms with Gasteiger partial charge in [-0.25, -0.2) is 0 Å². The molecular formula is C12H21F3N2. The molecule has 0 aromatic heterocycles. The third kappa shape index (κ3) is 2.60. The number of halogens is 3. The number of nitrogens with zero attached hydrogens (tertiary/aromatic N) is 1. The highest BCUT2D eigenvalue weighted by molar-refractivity contribution is 5.02. The van der Waals surface area contributed by atoms with Gasteiger partial charge in [-0.3, -0.25) is 0 Å². The van der Waals surface area contributed by atoms with Crippen LogP contribution in [0.2, 0.25) is 0 Å². The van der Waals surface area contributed by atoms with Gasteiger partial charge in [-0.05, 0) is 38.3 Å². The first-order valence-electron chi connectivity index (χ1n) is 6.35. The summed E-state index contributed by atoms with van der Waals surface area (Å²) in [5.74, 6) is -1.16. The van der Waals surface area contributed by atoms with E-state index in [1.54, 1.807) is 0 Å². The van der Waals surface area contributed by atoms with E-state index in [2.05, 4.69) is 10.2 Å². The lowest BCUT2D eigenvalue weighted by Gasteiger charge is -2.54. The third-order valence-electron chi connectivity index (χ3n) is 4.22. The summed E-state index contributed by atoms with van der Waals surface area (Å²) in [5.41, 5.74) is -0.0547. The maximum absolute atomic E-state index is 13.1. The number of nitrogens with one attached hydrogen (secondary N) is 1. The molecule has 2 aliphatic rings. The minimum Gasteiger partial charge on any atom is -0.314 e. The highest BCUT2D eigenvalue weighted by Crippen LogP contribution is 2.49. The maximum Gasteiger partial charge on any atom is 0.393 e. The molecule has 0 aromatic rings. The van der Waals surface area contributed by atoms with Crippen LogP contribution in [0.25, 0.3) is 0 Å². The molecule has 2 nitrogen and oxygen atoms in total. The van der Waals surface area contributed by atoms with Gasteiger partial charge in [0.1, 0.15) is 0 Å². The molecule has 0 bridgehead atoms. The van der Waals surface area contributed by atoms with Crippen molar-refractivity contribution in [3.63, 3.8) is 0 Å². The van der Waals surface area contributed by atoms with Crippen molar-refractivity contribution in [1.82, 2.24) is 10.2 Å². The molecule has 2 rings (SSSR count). The van der Waals surface area contributed by atoms with Gasteiger partial charge >= 0.3 is 6.18 Å². The number of hydrogen-bond donors (Lipinski definition) is 1. The average molecular weight is 250 g/mol. The molecule has 100 valence electrons. The fourth-order valence-corrected chi connectivity index (χ4v) is 3.61. The minimum absolute atomic E-state index is 0.0547. The van der Waals surface area contributed by atoms with Crippen molar-refractivity contribution >= 4 is 0 Å². The van der Waals surface area contributed by atoms with Crippen molar-refractivity contribution in [2.75, 3.05) is 26.7 Å². The van der Waals surface area contributed by atoms with Crippen LogP contribution in [0, 0.1) is 11.3 Å². The molecule has 1 heterocycles. The summed E-state index contributed by atoms with van der Waals surface area (Å²) in [5, 5.41) is 3.00. The Morgan fingerprint density at radius 3 is 2.47 bits per heavy atom. The summed E-state index contributed by atoms with van der Waals surface area (Å²) in [4.78, 5) is 2.11. The Labute approximate surface area is 101 Å². The fourth-order valence-electron chi connectivity index (χ4n) is 3.61. The van der Waals surface area contributed by atoms with Gasteiger partial charge in [0.2, 0.25) is 0 Å². The van der Waals surface area contributed by atoms with Crippen molar-refractivity contribution in [2.24, 2.45) is 11.3 Å². The van der Waals surface area contributed by atoms with Crippen LogP contribution in [0.5, 0.6) is 0 Å². The molecule has 0 aromatic carbocycles. The van der Waals surface area contributed by atoms with E-state index < -0.39 is 12.1 Å². The topological polar surface area (TPSA) is 15.3 Å². The fraction of sp³-hybridized carbons (Fsp3) is 1.00. The van der Waals surface area contributed by atoms with Gasteiger partial charge in [0.05, 0.1) is 5.92 Å². The molecule has 1 saturated carbocycles. The Hall–Kier alpha value is -0.290. The van der Waals surface area contributed by atoms with Gasteiger partial charge < -0.3 is 10.2 Å². The van der Waals surface area contributed by atoms with Crippen LogP contribution in [0.4, 0.5) is 13.2 Å².